The predicted molar refractivity (Wildman–Crippen MR) is 79.8 cm³/mol. The van der Waals surface area contributed by atoms with Crippen molar-refractivity contribution in [2.75, 3.05) is 32.4 Å². The highest BCUT2D eigenvalue weighted by molar-refractivity contribution is 5.46. The van der Waals surface area contributed by atoms with Crippen molar-refractivity contribution in [3.8, 4) is 0 Å². The van der Waals surface area contributed by atoms with Crippen LogP contribution in [0.3, 0.4) is 0 Å². The van der Waals surface area contributed by atoms with Crippen molar-refractivity contribution < 1.29 is 4.39 Å². The summed E-state index contributed by atoms with van der Waals surface area (Å²) in [5.41, 5.74) is 7.59. The number of hydrogen-bond donors (Lipinski definition) is 1. The van der Waals surface area contributed by atoms with Crippen molar-refractivity contribution in [1.29, 1.82) is 0 Å². The monoisotopic (exact) mass is 277 g/mol. The Bertz CT molecular complexity index is 477. The van der Waals surface area contributed by atoms with E-state index in [1.165, 1.54) is 31.9 Å². The zero-order valence-electron chi connectivity index (χ0n) is 12.2. The summed E-state index contributed by atoms with van der Waals surface area (Å²) in [6, 6.07) is 5.42. The maximum atomic E-state index is 13.3. The number of nitrogens with two attached hydrogens (primary N) is 1. The molecular formula is C16H24FN3. The SMILES string of the molecule is CN1CCCC2CN(Cc3cc(F)ccc3N)CCC21. The number of rotatable bonds is 2. The van der Waals surface area contributed by atoms with Crippen LogP contribution in [0.1, 0.15) is 24.8 Å². The van der Waals surface area contributed by atoms with Crippen LogP contribution in [0.4, 0.5) is 10.1 Å². The van der Waals surface area contributed by atoms with Gasteiger partial charge in [0, 0.05) is 24.8 Å². The quantitative estimate of drug-likeness (QED) is 0.842. The zero-order chi connectivity index (χ0) is 14.1. The number of fused-ring (bicyclic) bond motifs is 1. The molecule has 3 nitrogen and oxygen atoms in total. The Labute approximate surface area is 120 Å². The molecule has 0 amide bonds. The summed E-state index contributed by atoms with van der Waals surface area (Å²) in [5, 5.41) is 0. The highest BCUT2D eigenvalue weighted by atomic mass is 19.1. The van der Waals surface area contributed by atoms with Gasteiger partial charge in [-0.05, 0) is 69.1 Å². The predicted octanol–water partition coefficient (Wildman–Crippen LogP) is 2.32. The Morgan fingerprint density at radius 2 is 2.15 bits per heavy atom. The van der Waals surface area contributed by atoms with Gasteiger partial charge >= 0.3 is 0 Å². The Morgan fingerprint density at radius 3 is 3.00 bits per heavy atom. The average molecular weight is 277 g/mol. The first-order chi connectivity index (χ1) is 9.63. The molecule has 2 N–H and O–H groups in total. The smallest absolute Gasteiger partial charge is 0.123 e. The largest absolute Gasteiger partial charge is 0.398 e. The fourth-order valence-electron chi connectivity index (χ4n) is 3.82. The van der Waals surface area contributed by atoms with Crippen LogP contribution in [-0.2, 0) is 6.54 Å². The first-order valence-electron chi connectivity index (χ1n) is 7.60. The van der Waals surface area contributed by atoms with E-state index in [-0.39, 0.29) is 5.82 Å². The van der Waals surface area contributed by atoms with Crippen LogP contribution in [0, 0.1) is 11.7 Å². The fourth-order valence-corrected chi connectivity index (χ4v) is 3.82. The minimum absolute atomic E-state index is 0.193. The number of piperidine rings is 2. The summed E-state index contributed by atoms with van der Waals surface area (Å²) >= 11 is 0. The van der Waals surface area contributed by atoms with Crippen molar-refractivity contribution in [2.45, 2.75) is 31.8 Å². The number of halogens is 1. The molecule has 2 aliphatic rings. The molecule has 20 heavy (non-hydrogen) atoms. The molecule has 0 radical (unpaired) electrons. The van der Waals surface area contributed by atoms with E-state index in [1.54, 1.807) is 12.1 Å². The van der Waals surface area contributed by atoms with E-state index in [0.717, 1.165) is 37.2 Å². The maximum absolute atomic E-state index is 13.3. The normalized spacial score (nSPS) is 28.3. The second kappa shape index (κ2) is 5.70. The summed E-state index contributed by atoms with van der Waals surface area (Å²) in [4.78, 5) is 4.95. The molecule has 0 bridgehead atoms. The summed E-state index contributed by atoms with van der Waals surface area (Å²) in [5.74, 6) is 0.568. The standard InChI is InChI=1S/C16H24FN3/c1-19-7-2-3-12-10-20(8-6-16(12)19)11-13-9-14(17)4-5-15(13)18/h4-5,9,12,16H,2-3,6-8,10-11,18H2,1H3. The second-order valence-corrected chi connectivity index (χ2v) is 6.32. The van der Waals surface area contributed by atoms with E-state index in [0.29, 0.717) is 5.69 Å². The number of benzene rings is 1. The maximum Gasteiger partial charge on any atom is 0.123 e. The molecule has 0 aromatic heterocycles. The van der Waals surface area contributed by atoms with E-state index >= 15 is 0 Å². The van der Waals surface area contributed by atoms with Crippen LogP contribution in [0.15, 0.2) is 18.2 Å². The third-order valence-corrected chi connectivity index (χ3v) is 4.93. The number of likely N-dealkylation sites (tertiary alicyclic amines) is 2. The molecule has 0 spiro atoms. The molecule has 2 atom stereocenters. The third-order valence-electron chi connectivity index (χ3n) is 4.93. The molecule has 1 aromatic carbocycles. The topological polar surface area (TPSA) is 32.5 Å². The van der Waals surface area contributed by atoms with Crippen LogP contribution < -0.4 is 5.73 Å². The Balaban J connectivity index is 1.66. The van der Waals surface area contributed by atoms with E-state index in [1.807, 2.05) is 0 Å². The molecule has 2 heterocycles. The molecule has 3 rings (SSSR count). The summed E-state index contributed by atoms with van der Waals surface area (Å²) in [7, 11) is 2.25. The molecule has 1 aromatic rings. The van der Waals surface area contributed by atoms with Crippen molar-refractivity contribution in [3.63, 3.8) is 0 Å². The van der Waals surface area contributed by atoms with E-state index in [4.69, 9.17) is 5.73 Å². The molecule has 2 saturated heterocycles. The first-order valence-corrected chi connectivity index (χ1v) is 7.60. The average Bonchev–Trinajstić information content (AvgIpc) is 2.43. The van der Waals surface area contributed by atoms with Gasteiger partial charge in [-0.2, -0.15) is 0 Å². The minimum Gasteiger partial charge on any atom is -0.398 e. The number of hydrogen-bond acceptors (Lipinski definition) is 3. The fraction of sp³-hybridized carbons (Fsp3) is 0.625. The molecule has 110 valence electrons. The van der Waals surface area contributed by atoms with Crippen LogP contribution in [0.5, 0.6) is 0 Å². The van der Waals surface area contributed by atoms with Gasteiger partial charge in [0.25, 0.3) is 0 Å². The van der Waals surface area contributed by atoms with Crippen molar-refractivity contribution in [1.82, 2.24) is 9.80 Å². The van der Waals surface area contributed by atoms with Gasteiger partial charge in [-0.25, -0.2) is 4.39 Å². The Hall–Kier alpha value is -1.13. The van der Waals surface area contributed by atoms with Crippen molar-refractivity contribution in [2.24, 2.45) is 5.92 Å². The van der Waals surface area contributed by atoms with Gasteiger partial charge in [-0.3, -0.25) is 4.90 Å². The van der Waals surface area contributed by atoms with Crippen LogP contribution in [0.2, 0.25) is 0 Å². The molecular weight excluding hydrogens is 253 g/mol. The molecule has 4 heteroatoms. The van der Waals surface area contributed by atoms with Gasteiger partial charge in [0.05, 0.1) is 0 Å². The summed E-state index contributed by atoms with van der Waals surface area (Å²) < 4.78 is 13.3. The number of nitrogens with zero attached hydrogens (tertiary/aromatic N) is 2. The minimum atomic E-state index is -0.193. The van der Waals surface area contributed by atoms with Gasteiger partial charge in [0.2, 0.25) is 0 Å². The summed E-state index contributed by atoms with van der Waals surface area (Å²) in [6.45, 7) is 4.21. The number of anilines is 1. The molecule has 0 aliphatic carbocycles. The highest BCUT2D eigenvalue weighted by Gasteiger charge is 2.34. The zero-order valence-corrected chi connectivity index (χ0v) is 12.2. The van der Waals surface area contributed by atoms with E-state index in [9.17, 15) is 4.39 Å². The lowest BCUT2D eigenvalue weighted by Crippen LogP contribution is -2.52. The van der Waals surface area contributed by atoms with E-state index in [2.05, 4.69) is 16.8 Å². The van der Waals surface area contributed by atoms with Crippen molar-refractivity contribution >= 4 is 5.69 Å². The van der Waals surface area contributed by atoms with Gasteiger partial charge < -0.3 is 10.6 Å². The number of nitrogen functional groups attached to an aromatic ring is 1. The van der Waals surface area contributed by atoms with Gasteiger partial charge in [0.1, 0.15) is 5.82 Å². The van der Waals surface area contributed by atoms with Crippen LogP contribution in [0.25, 0.3) is 0 Å². The lowest BCUT2D eigenvalue weighted by molar-refractivity contribution is 0.0355. The van der Waals surface area contributed by atoms with Gasteiger partial charge in [-0.15, -0.1) is 0 Å². The molecule has 2 unspecified atom stereocenters. The Kier molecular flexibility index (Phi) is 3.94. The van der Waals surface area contributed by atoms with Crippen molar-refractivity contribution in [3.05, 3.63) is 29.6 Å². The highest BCUT2D eigenvalue weighted by Crippen LogP contribution is 2.30. The molecule has 2 fully saturated rings. The summed E-state index contributed by atoms with van der Waals surface area (Å²) in [6.07, 6.45) is 3.84. The third kappa shape index (κ3) is 2.81. The molecule has 2 aliphatic heterocycles. The Morgan fingerprint density at radius 1 is 1.30 bits per heavy atom. The lowest BCUT2D eigenvalue weighted by Gasteiger charge is -2.46. The molecule has 0 saturated carbocycles. The lowest BCUT2D eigenvalue weighted by atomic mass is 9.84. The van der Waals surface area contributed by atoms with Gasteiger partial charge in [-0.1, -0.05) is 0 Å². The van der Waals surface area contributed by atoms with Crippen LogP contribution >= 0.6 is 0 Å². The van der Waals surface area contributed by atoms with Gasteiger partial charge in [0.15, 0.2) is 0 Å². The second-order valence-electron chi connectivity index (χ2n) is 6.32. The first kappa shape index (κ1) is 13.8. The van der Waals surface area contributed by atoms with E-state index < -0.39 is 0 Å². The van der Waals surface area contributed by atoms with Crippen LogP contribution in [-0.4, -0.2) is 42.5 Å².